The average Bonchev–Trinajstić information content (AvgIpc) is 2.75. The SMILES string of the molecule is C[Si](C)(C)CCOCn1ccc2cc(Br)cc(C#N)c21. The number of hydrogen-bond donors (Lipinski definition) is 0. The molecular weight excluding hydrogens is 332 g/mol. The van der Waals surface area contributed by atoms with Gasteiger partial charge in [0.1, 0.15) is 12.8 Å². The summed E-state index contributed by atoms with van der Waals surface area (Å²) in [5, 5.41) is 10.3. The van der Waals surface area contributed by atoms with E-state index in [2.05, 4.69) is 41.6 Å². The zero-order valence-electron chi connectivity index (χ0n) is 12.1. The van der Waals surface area contributed by atoms with Crippen LogP contribution in [0.25, 0.3) is 10.9 Å². The van der Waals surface area contributed by atoms with Gasteiger partial charge in [-0.05, 0) is 24.2 Å². The predicted molar refractivity (Wildman–Crippen MR) is 88.5 cm³/mol. The molecule has 0 N–H and O–H groups in total. The largest absolute Gasteiger partial charge is 0.361 e. The van der Waals surface area contributed by atoms with Gasteiger partial charge in [-0.2, -0.15) is 5.26 Å². The second-order valence-electron chi connectivity index (χ2n) is 6.14. The maximum absolute atomic E-state index is 9.26. The molecule has 0 aliphatic heterocycles. The van der Waals surface area contributed by atoms with E-state index in [1.54, 1.807) is 0 Å². The van der Waals surface area contributed by atoms with E-state index in [-0.39, 0.29) is 0 Å². The van der Waals surface area contributed by atoms with Gasteiger partial charge in [-0.3, -0.25) is 0 Å². The van der Waals surface area contributed by atoms with Crippen molar-refractivity contribution in [1.29, 1.82) is 5.26 Å². The number of hydrogen-bond acceptors (Lipinski definition) is 2. The highest BCUT2D eigenvalue weighted by atomic mass is 79.9. The molecule has 20 heavy (non-hydrogen) atoms. The Bertz CT molecular complexity index is 652. The zero-order chi connectivity index (χ0) is 14.8. The van der Waals surface area contributed by atoms with E-state index in [1.165, 1.54) is 0 Å². The molecule has 3 nitrogen and oxygen atoms in total. The molecule has 1 aromatic heterocycles. The molecule has 0 aliphatic rings. The lowest BCUT2D eigenvalue weighted by Crippen LogP contribution is -2.22. The molecule has 1 heterocycles. The monoisotopic (exact) mass is 350 g/mol. The van der Waals surface area contributed by atoms with Gasteiger partial charge in [-0.15, -0.1) is 0 Å². The van der Waals surface area contributed by atoms with Crippen LogP contribution in [0.3, 0.4) is 0 Å². The summed E-state index contributed by atoms with van der Waals surface area (Å²) in [5.41, 5.74) is 1.62. The maximum atomic E-state index is 9.26. The molecule has 0 atom stereocenters. The van der Waals surface area contributed by atoms with Crippen molar-refractivity contribution in [2.24, 2.45) is 0 Å². The Morgan fingerprint density at radius 1 is 1.35 bits per heavy atom. The van der Waals surface area contributed by atoms with Crippen molar-refractivity contribution in [2.75, 3.05) is 6.61 Å². The van der Waals surface area contributed by atoms with Crippen molar-refractivity contribution in [3.63, 3.8) is 0 Å². The van der Waals surface area contributed by atoms with Crippen LogP contribution in [0, 0.1) is 11.3 Å². The Kier molecular flexibility index (Phi) is 4.69. The van der Waals surface area contributed by atoms with E-state index in [0.29, 0.717) is 12.3 Å². The molecule has 5 heteroatoms. The number of aromatic nitrogens is 1. The zero-order valence-corrected chi connectivity index (χ0v) is 14.7. The topological polar surface area (TPSA) is 38.0 Å². The molecule has 2 rings (SSSR count). The number of nitrogens with zero attached hydrogens (tertiary/aromatic N) is 2. The molecule has 0 unspecified atom stereocenters. The highest BCUT2D eigenvalue weighted by Gasteiger charge is 2.12. The van der Waals surface area contributed by atoms with Crippen LogP contribution in [0.4, 0.5) is 0 Å². The van der Waals surface area contributed by atoms with Crippen LogP contribution < -0.4 is 0 Å². The minimum Gasteiger partial charge on any atom is -0.361 e. The van der Waals surface area contributed by atoms with Crippen LogP contribution >= 0.6 is 15.9 Å². The van der Waals surface area contributed by atoms with Crippen LogP contribution in [-0.4, -0.2) is 19.2 Å². The molecule has 106 valence electrons. The van der Waals surface area contributed by atoms with Crippen LogP contribution in [0.2, 0.25) is 25.7 Å². The number of ether oxygens (including phenoxy) is 1. The van der Waals surface area contributed by atoms with Crippen LogP contribution in [-0.2, 0) is 11.5 Å². The molecule has 2 aromatic rings. The van der Waals surface area contributed by atoms with Crippen LogP contribution in [0.1, 0.15) is 5.56 Å². The van der Waals surface area contributed by atoms with Crippen molar-refractivity contribution >= 4 is 34.9 Å². The predicted octanol–water partition coefficient (Wildman–Crippen LogP) is 4.59. The fourth-order valence-electron chi connectivity index (χ4n) is 2.05. The molecule has 0 saturated heterocycles. The molecule has 0 bridgehead atoms. The number of nitriles is 1. The third kappa shape index (κ3) is 3.72. The molecule has 0 aliphatic carbocycles. The smallest absolute Gasteiger partial charge is 0.122 e. The second kappa shape index (κ2) is 6.13. The van der Waals surface area contributed by atoms with Gasteiger partial charge in [0, 0.05) is 30.7 Å². The Labute approximate surface area is 129 Å². The number of rotatable bonds is 5. The van der Waals surface area contributed by atoms with Gasteiger partial charge in [-0.25, -0.2) is 0 Å². The third-order valence-corrected chi connectivity index (χ3v) is 5.33. The van der Waals surface area contributed by atoms with Crippen LogP contribution in [0.5, 0.6) is 0 Å². The van der Waals surface area contributed by atoms with Crippen molar-refractivity contribution in [3.8, 4) is 6.07 Å². The normalized spacial score (nSPS) is 11.8. The van der Waals surface area contributed by atoms with E-state index in [0.717, 1.165) is 28.0 Å². The molecule has 0 saturated carbocycles. The summed E-state index contributed by atoms with van der Waals surface area (Å²) >= 11 is 3.43. The molecule has 0 amide bonds. The third-order valence-electron chi connectivity index (χ3n) is 3.17. The van der Waals surface area contributed by atoms with Gasteiger partial charge < -0.3 is 9.30 Å². The number of fused-ring (bicyclic) bond motifs is 1. The fourth-order valence-corrected chi connectivity index (χ4v) is 3.28. The first kappa shape index (κ1) is 15.3. The Balaban J connectivity index is 2.14. The van der Waals surface area contributed by atoms with Crippen molar-refractivity contribution < 1.29 is 4.74 Å². The van der Waals surface area contributed by atoms with E-state index in [1.807, 2.05) is 29.0 Å². The van der Waals surface area contributed by atoms with Crippen molar-refractivity contribution in [2.45, 2.75) is 32.4 Å². The minimum atomic E-state index is -1.05. The number of halogens is 1. The van der Waals surface area contributed by atoms with E-state index >= 15 is 0 Å². The van der Waals surface area contributed by atoms with Crippen LogP contribution in [0.15, 0.2) is 28.9 Å². The average molecular weight is 351 g/mol. The Hall–Kier alpha value is -1.09. The van der Waals surface area contributed by atoms with E-state index < -0.39 is 8.07 Å². The number of benzene rings is 1. The second-order valence-corrected chi connectivity index (χ2v) is 12.7. The van der Waals surface area contributed by atoms with Gasteiger partial charge in [0.15, 0.2) is 0 Å². The standard InChI is InChI=1S/C15H19BrN2OSi/c1-20(2,3)7-6-19-11-18-5-4-12-8-14(16)9-13(10-17)15(12)18/h4-5,8-9H,6-7,11H2,1-3H3. The summed E-state index contributed by atoms with van der Waals surface area (Å²) in [5.74, 6) is 0. The summed E-state index contributed by atoms with van der Waals surface area (Å²) in [6.07, 6.45) is 1.98. The first-order valence-electron chi connectivity index (χ1n) is 6.67. The lowest BCUT2D eigenvalue weighted by Gasteiger charge is -2.16. The molecular formula is C15H19BrN2OSi. The van der Waals surface area contributed by atoms with Gasteiger partial charge in [0.2, 0.25) is 0 Å². The highest BCUT2D eigenvalue weighted by Crippen LogP contribution is 2.25. The quantitative estimate of drug-likeness (QED) is 0.584. The molecule has 1 aromatic carbocycles. The minimum absolute atomic E-state index is 0.504. The van der Waals surface area contributed by atoms with Gasteiger partial charge in [0.05, 0.1) is 11.1 Å². The van der Waals surface area contributed by atoms with Crippen molar-refractivity contribution in [1.82, 2.24) is 4.57 Å². The first-order valence-corrected chi connectivity index (χ1v) is 11.2. The van der Waals surface area contributed by atoms with Gasteiger partial charge in [-0.1, -0.05) is 35.6 Å². The van der Waals surface area contributed by atoms with E-state index in [4.69, 9.17) is 4.74 Å². The van der Waals surface area contributed by atoms with Gasteiger partial charge in [0.25, 0.3) is 0 Å². The first-order chi connectivity index (χ1) is 9.40. The highest BCUT2D eigenvalue weighted by molar-refractivity contribution is 9.10. The summed E-state index contributed by atoms with van der Waals surface area (Å²) < 4.78 is 8.70. The summed E-state index contributed by atoms with van der Waals surface area (Å²) in [7, 11) is -1.05. The van der Waals surface area contributed by atoms with Crippen molar-refractivity contribution in [3.05, 3.63) is 34.4 Å². The Morgan fingerprint density at radius 3 is 2.75 bits per heavy atom. The Morgan fingerprint density at radius 2 is 2.10 bits per heavy atom. The lowest BCUT2D eigenvalue weighted by molar-refractivity contribution is 0.0902. The van der Waals surface area contributed by atoms with Gasteiger partial charge >= 0.3 is 0 Å². The summed E-state index contributed by atoms with van der Waals surface area (Å²) in [6, 6.07) is 9.30. The molecule has 0 radical (unpaired) electrons. The lowest BCUT2D eigenvalue weighted by atomic mass is 10.1. The van der Waals surface area contributed by atoms with E-state index in [9.17, 15) is 5.26 Å². The maximum Gasteiger partial charge on any atom is 0.122 e. The fraction of sp³-hybridized carbons (Fsp3) is 0.400. The molecule has 0 fully saturated rings. The summed E-state index contributed by atoms with van der Waals surface area (Å²) in [6.45, 7) is 8.31. The molecule has 0 spiro atoms. The summed E-state index contributed by atoms with van der Waals surface area (Å²) in [4.78, 5) is 0.